The summed E-state index contributed by atoms with van der Waals surface area (Å²) in [6.07, 6.45) is 1.79. The molecule has 5 nitrogen and oxygen atoms in total. The van der Waals surface area contributed by atoms with E-state index in [9.17, 15) is 9.59 Å². The smallest absolute Gasteiger partial charge is 0.327 e. The Hall–Kier alpha value is -1.08. The molecule has 17 heavy (non-hydrogen) atoms. The molecule has 1 amide bonds. The van der Waals surface area contributed by atoms with E-state index in [1.54, 1.807) is 17.5 Å². The van der Waals surface area contributed by atoms with Crippen molar-refractivity contribution in [2.24, 2.45) is 0 Å². The summed E-state index contributed by atoms with van der Waals surface area (Å²) in [7, 11) is 0. The van der Waals surface area contributed by atoms with Gasteiger partial charge in [-0.3, -0.25) is 4.79 Å². The van der Waals surface area contributed by atoms with Crippen LogP contribution in [-0.2, 0) is 15.3 Å². The van der Waals surface area contributed by atoms with Crippen LogP contribution in [0.3, 0.4) is 0 Å². The number of nitrogens with zero attached hydrogens (tertiary/aromatic N) is 1. The van der Waals surface area contributed by atoms with Crippen LogP contribution in [0, 0.1) is 6.92 Å². The number of rotatable bonds is 6. The molecule has 1 aromatic heterocycles. The van der Waals surface area contributed by atoms with E-state index in [4.69, 9.17) is 5.11 Å². The predicted molar refractivity (Wildman–Crippen MR) is 68.3 cm³/mol. The van der Waals surface area contributed by atoms with Crippen molar-refractivity contribution in [3.8, 4) is 0 Å². The molecule has 1 rings (SSSR count). The molecule has 1 aromatic rings. The van der Waals surface area contributed by atoms with Crippen LogP contribution in [-0.4, -0.2) is 33.8 Å². The molecule has 0 aliphatic heterocycles. The lowest BCUT2D eigenvalue weighted by Crippen LogP contribution is -2.41. The Labute approximate surface area is 108 Å². The van der Waals surface area contributed by atoms with Gasteiger partial charge in [-0.2, -0.15) is 11.8 Å². The highest BCUT2D eigenvalue weighted by molar-refractivity contribution is 7.98. The Morgan fingerprint density at radius 1 is 1.65 bits per heavy atom. The Balaban J connectivity index is 2.37. The molecule has 7 heteroatoms. The van der Waals surface area contributed by atoms with E-state index in [1.165, 1.54) is 18.7 Å². The van der Waals surface area contributed by atoms with Gasteiger partial charge in [-0.25, -0.2) is 9.78 Å². The molecule has 0 unspecified atom stereocenters. The maximum absolute atomic E-state index is 10.8. The molecule has 94 valence electrons. The minimum absolute atomic E-state index is 0.327. The molecule has 0 saturated heterocycles. The summed E-state index contributed by atoms with van der Waals surface area (Å²) in [5.41, 5.74) is 0. The highest BCUT2D eigenvalue weighted by atomic mass is 32.2. The number of aliphatic carboxylic acids is 1. The summed E-state index contributed by atoms with van der Waals surface area (Å²) in [6, 6.07) is -0.827. The van der Waals surface area contributed by atoms with Crippen molar-refractivity contribution in [2.45, 2.75) is 25.6 Å². The van der Waals surface area contributed by atoms with E-state index in [2.05, 4.69) is 10.3 Å². The van der Waals surface area contributed by atoms with Crippen molar-refractivity contribution in [3.63, 3.8) is 0 Å². The largest absolute Gasteiger partial charge is 0.480 e. The van der Waals surface area contributed by atoms with Crippen molar-refractivity contribution < 1.29 is 14.7 Å². The summed E-state index contributed by atoms with van der Waals surface area (Å²) in [5, 5.41) is 12.3. The molecular weight excluding hydrogens is 260 g/mol. The maximum Gasteiger partial charge on any atom is 0.327 e. The first kappa shape index (κ1) is 14.0. The number of amides is 1. The van der Waals surface area contributed by atoms with Gasteiger partial charge in [0.25, 0.3) is 0 Å². The number of carboxylic acid groups (broad SMARTS) is 1. The van der Waals surface area contributed by atoms with Crippen LogP contribution in [0.15, 0.2) is 6.20 Å². The average molecular weight is 274 g/mol. The van der Waals surface area contributed by atoms with Gasteiger partial charge in [0.05, 0.1) is 5.01 Å². The molecule has 0 aliphatic carbocycles. The quantitative estimate of drug-likeness (QED) is 0.816. The second-order valence-electron chi connectivity index (χ2n) is 3.45. The van der Waals surface area contributed by atoms with Crippen molar-refractivity contribution in [1.82, 2.24) is 10.3 Å². The zero-order valence-electron chi connectivity index (χ0n) is 9.60. The van der Waals surface area contributed by atoms with E-state index in [1.807, 2.05) is 6.92 Å². The van der Waals surface area contributed by atoms with Gasteiger partial charge in [0.2, 0.25) is 5.91 Å². The van der Waals surface area contributed by atoms with Crippen molar-refractivity contribution in [2.75, 3.05) is 5.75 Å². The number of carboxylic acids is 1. The number of carbonyl (C=O) groups is 2. The fourth-order valence-electron chi connectivity index (χ4n) is 1.17. The third-order valence-electron chi connectivity index (χ3n) is 1.87. The zero-order chi connectivity index (χ0) is 12.8. The van der Waals surface area contributed by atoms with E-state index in [-0.39, 0.29) is 5.91 Å². The molecule has 0 radical (unpaired) electrons. The topological polar surface area (TPSA) is 79.3 Å². The number of hydrogen-bond acceptors (Lipinski definition) is 5. The van der Waals surface area contributed by atoms with Crippen LogP contribution >= 0.6 is 23.1 Å². The minimum atomic E-state index is -1.01. The van der Waals surface area contributed by atoms with Crippen LogP contribution in [0.25, 0.3) is 0 Å². The SMILES string of the molecule is CC(=O)N[C@@H](CSCc1cnc(C)s1)C(=O)O. The fourth-order valence-corrected chi connectivity index (χ4v) is 3.10. The van der Waals surface area contributed by atoms with Crippen LogP contribution in [0.4, 0.5) is 0 Å². The van der Waals surface area contributed by atoms with Crippen LogP contribution in [0.5, 0.6) is 0 Å². The Morgan fingerprint density at radius 2 is 2.35 bits per heavy atom. The van der Waals surface area contributed by atoms with Gasteiger partial charge in [-0.05, 0) is 6.92 Å². The molecular formula is C10H14N2O3S2. The second kappa shape index (κ2) is 6.61. The number of thioether (sulfide) groups is 1. The number of aromatic nitrogens is 1. The molecule has 1 atom stereocenters. The van der Waals surface area contributed by atoms with E-state index in [0.29, 0.717) is 5.75 Å². The number of hydrogen-bond donors (Lipinski definition) is 2. The van der Waals surface area contributed by atoms with Gasteiger partial charge in [-0.1, -0.05) is 0 Å². The monoisotopic (exact) mass is 274 g/mol. The van der Waals surface area contributed by atoms with E-state index in [0.717, 1.165) is 15.6 Å². The molecule has 0 bridgehead atoms. The first-order valence-electron chi connectivity index (χ1n) is 4.98. The zero-order valence-corrected chi connectivity index (χ0v) is 11.2. The summed E-state index contributed by atoms with van der Waals surface area (Å²) in [6.45, 7) is 3.24. The number of nitrogens with one attached hydrogen (secondary N) is 1. The summed E-state index contributed by atoms with van der Waals surface area (Å²) < 4.78 is 0. The Kier molecular flexibility index (Phi) is 5.43. The van der Waals surface area contributed by atoms with Crippen molar-refractivity contribution in [3.05, 3.63) is 16.1 Å². The van der Waals surface area contributed by atoms with Gasteiger partial charge >= 0.3 is 5.97 Å². The highest BCUT2D eigenvalue weighted by Crippen LogP contribution is 2.19. The van der Waals surface area contributed by atoms with Crippen molar-refractivity contribution in [1.29, 1.82) is 0 Å². The predicted octanol–water partition coefficient (Wildman–Crippen LogP) is 1.27. The molecule has 0 aliphatic rings. The fraction of sp³-hybridized carbons (Fsp3) is 0.500. The highest BCUT2D eigenvalue weighted by Gasteiger charge is 2.18. The summed E-state index contributed by atoms with van der Waals surface area (Å²) >= 11 is 3.07. The number of thiazole rings is 1. The molecule has 0 spiro atoms. The molecule has 1 heterocycles. The molecule has 0 fully saturated rings. The van der Waals surface area contributed by atoms with Crippen molar-refractivity contribution >= 4 is 35.0 Å². The van der Waals surface area contributed by atoms with Gasteiger partial charge < -0.3 is 10.4 Å². The average Bonchev–Trinajstić information content (AvgIpc) is 2.62. The number of aryl methyl sites for hydroxylation is 1. The standard InChI is InChI=1S/C10H14N2O3S2/c1-6(13)12-9(10(14)15)5-16-4-8-3-11-7(2)17-8/h3,9H,4-5H2,1-2H3,(H,12,13)(H,14,15)/t9-/m0/s1. The Bertz CT molecular complexity index is 406. The van der Waals surface area contributed by atoms with E-state index < -0.39 is 12.0 Å². The minimum Gasteiger partial charge on any atom is -0.480 e. The number of carbonyl (C=O) groups excluding carboxylic acids is 1. The summed E-state index contributed by atoms with van der Waals surface area (Å²) in [4.78, 5) is 26.9. The van der Waals surface area contributed by atoms with Gasteiger partial charge in [0.1, 0.15) is 6.04 Å². The lowest BCUT2D eigenvalue weighted by Gasteiger charge is -2.11. The first-order valence-corrected chi connectivity index (χ1v) is 6.95. The van der Waals surface area contributed by atoms with Crippen LogP contribution < -0.4 is 5.32 Å². The Morgan fingerprint density at radius 3 is 2.82 bits per heavy atom. The van der Waals surface area contributed by atoms with Gasteiger partial charge in [-0.15, -0.1) is 11.3 Å². The van der Waals surface area contributed by atoms with E-state index >= 15 is 0 Å². The van der Waals surface area contributed by atoms with Crippen LogP contribution in [0.2, 0.25) is 0 Å². The summed E-state index contributed by atoms with van der Waals surface area (Å²) in [5.74, 6) is -0.263. The van der Waals surface area contributed by atoms with Crippen LogP contribution in [0.1, 0.15) is 16.8 Å². The second-order valence-corrected chi connectivity index (χ2v) is 5.80. The lowest BCUT2D eigenvalue weighted by atomic mass is 10.3. The van der Waals surface area contributed by atoms with Gasteiger partial charge in [0, 0.05) is 29.5 Å². The lowest BCUT2D eigenvalue weighted by molar-refractivity contribution is -0.140. The normalized spacial score (nSPS) is 12.1. The van der Waals surface area contributed by atoms with Gasteiger partial charge in [0.15, 0.2) is 0 Å². The molecule has 0 aromatic carbocycles. The molecule has 2 N–H and O–H groups in total. The third-order valence-corrected chi connectivity index (χ3v) is 4.05. The third kappa shape index (κ3) is 5.18. The maximum atomic E-state index is 10.8. The first-order chi connectivity index (χ1) is 7.99. The molecule has 0 saturated carbocycles.